The molecule has 0 aromatic heterocycles. The molecule has 2 unspecified atom stereocenters. The van der Waals surface area contributed by atoms with Gasteiger partial charge in [-0.3, -0.25) is 13.8 Å². The molecule has 0 aliphatic rings. The number of esters is 1. The average molecular weight is 719 g/mol. The number of phosphoric acid groups is 1. The average Bonchev–Trinajstić information content (AvgIpc) is 3.04. The van der Waals surface area contributed by atoms with Gasteiger partial charge in [-0.15, -0.1) is 0 Å². The Kier molecular flexibility index (Phi) is 33.8. The smallest absolute Gasteiger partial charge is 0.457 e. The Balaban J connectivity index is 4.26. The number of likely N-dealkylation sites (N-methyl/N-ethyl adjacent to an activating group) is 1. The zero-order chi connectivity index (χ0) is 36.3. The van der Waals surface area contributed by atoms with Crippen LogP contribution in [-0.2, 0) is 27.9 Å². The first-order chi connectivity index (χ1) is 23.6. The molecular formula is C40H81NO7P+. The lowest BCUT2D eigenvalue weighted by atomic mass is 10.0. The molecule has 0 rings (SSSR count). The van der Waals surface area contributed by atoms with Crippen LogP contribution in [0, 0.1) is 0 Å². The summed E-state index contributed by atoms with van der Waals surface area (Å²) in [5.41, 5.74) is 0. The summed E-state index contributed by atoms with van der Waals surface area (Å²) < 4.78 is 34.9. The lowest BCUT2D eigenvalue weighted by Crippen LogP contribution is -2.37. The molecule has 0 bridgehead atoms. The Labute approximate surface area is 303 Å². The second-order valence-corrected chi connectivity index (χ2v) is 16.5. The van der Waals surface area contributed by atoms with Crippen LogP contribution in [0.15, 0.2) is 12.2 Å². The van der Waals surface area contributed by atoms with Crippen LogP contribution in [-0.4, -0.2) is 75.6 Å². The molecule has 0 aliphatic heterocycles. The third kappa shape index (κ3) is 38.3. The van der Waals surface area contributed by atoms with Crippen molar-refractivity contribution in [3.63, 3.8) is 0 Å². The molecule has 1 N–H and O–H groups in total. The van der Waals surface area contributed by atoms with E-state index in [1.165, 1.54) is 122 Å². The molecule has 0 aromatic rings. The molecule has 292 valence electrons. The van der Waals surface area contributed by atoms with Crippen molar-refractivity contribution in [2.75, 3.05) is 54.1 Å². The second kappa shape index (κ2) is 34.3. The fourth-order valence-corrected chi connectivity index (χ4v) is 6.35. The Morgan fingerprint density at radius 3 is 1.57 bits per heavy atom. The van der Waals surface area contributed by atoms with Crippen molar-refractivity contribution in [2.24, 2.45) is 0 Å². The Morgan fingerprint density at radius 1 is 0.612 bits per heavy atom. The Hall–Kier alpha value is -0.760. The van der Waals surface area contributed by atoms with Crippen molar-refractivity contribution < 1.29 is 37.3 Å². The SMILES string of the molecule is CCCCCC/C=C\CCCCCCCC(=O)OC(COCCCCCCCCCCCCCCCC)COP(=O)(O)OCC[N+](C)(C)C. The van der Waals surface area contributed by atoms with Crippen LogP contribution in [0.1, 0.15) is 181 Å². The maximum atomic E-state index is 12.6. The summed E-state index contributed by atoms with van der Waals surface area (Å²) in [4.78, 5) is 22.8. The summed E-state index contributed by atoms with van der Waals surface area (Å²) in [6.45, 7) is 5.62. The van der Waals surface area contributed by atoms with Gasteiger partial charge in [-0.25, -0.2) is 4.57 Å². The van der Waals surface area contributed by atoms with E-state index >= 15 is 0 Å². The first-order valence-electron chi connectivity index (χ1n) is 20.4. The maximum Gasteiger partial charge on any atom is 0.472 e. The predicted octanol–water partition coefficient (Wildman–Crippen LogP) is 11.5. The monoisotopic (exact) mass is 719 g/mol. The lowest BCUT2D eigenvalue weighted by molar-refractivity contribution is -0.870. The van der Waals surface area contributed by atoms with Gasteiger partial charge >= 0.3 is 13.8 Å². The molecule has 0 saturated heterocycles. The van der Waals surface area contributed by atoms with E-state index in [4.69, 9.17) is 18.5 Å². The number of rotatable bonds is 38. The van der Waals surface area contributed by atoms with Gasteiger partial charge in [-0.1, -0.05) is 148 Å². The number of carbonyl (C=O) groups excluding carboxylic acids is 1. The maximum absolute atomic E-state index is 12.6. The molecule has 0 saturated carbocycles. The highest BCUT2D eigenvalue weighted by molar-refractivity contribution is 7.47. The molecule has 2 atom stereocenters. The van der Waals surface area contributed by atoms with Crippen molar-refractivity contribution in [1.29, 1.82) is 0 Å². The summed E-state index contributed by atoms with van der Waals surface area (Å²) in [5.74, 6) is -0.321. The number of quaternary nitrogens is 1. The van der Waals surface area contributed by atoms with E-state index in [-0.39, 0.29) is 25.8 Å². The van der Waals surface area contributed by atoms with Gasteiger partial charge in [0.1, 0.15) is 19.3 Å². The third-order valence-electron chi connectivity index (χ3n) is 8.83. The van der Waals surface area contributed by atoms with Gasteiger partial charge in [0.25, 0.3) is 0 Å². The summed E-state index contributed by atoms with van der Waals surface area (Å²) >= 11 is 0. The summed E-state index contributed by atoms with van der Waals surface area (Å²) in [6, 6.07) is 0. The summed E-state index contributed by atoms with van der Waals surface area (Å²) in [6.07, 6.45) is 35.2. The van der Waals surface area contributed by atoms with Gasteiger partial charge in [0, 0.05) is 13.0 Å². The minimum Gasteiger partial charge on any atom is -0.457 e. The number of phosphoric ester groups is 1. The number of ether oxygens (including phenoxy) is 2. The molecule has 49 heavy (non-hydrogen) atoms. The van der Waals surface area contributed by atoms with E-state index in [0.717, 1.165) is 38.5 Å². The van der Waals surface area contributed by atoms with Crippen molar-refractivity contribution in [2.45, 2.75) is 187 Å². The van der Waals surface area contributed by atoms with Crippen LogP contribution in [0.5, 0.6) is 0 Å². The van der Waals surface area contributed by atoms with Crippen molar-refractivity contribution >= 4 is 13.8 Å². The quantitative estimate of drug-likeness (QED) is 0.0223. The number of hydrogen-bond donors (Lipinski definition) is 1. The number of nitrogens with zero attached hydrogens (tertiary/aromatic N) is 1. The zero-order valence-corrected chi connectivity index (χ0v) is 33.8. The highest BCUT2D eigenvalue weighted by atomic mass is 31.2. The molecule has 0 aliphatic carbocycles. The number of carbonyl (C=O) groups is 1. The Bertz CT molecular complexity index is 802. The van der Waals surface area contributed by atoms with Crippen LogP contribution >= 0.6 is 7.82 Å². The first kappa shape index (κ1) is 48.2. The summed E-state index contributed by atoms with van der Waals surface area (Å²) in [5, 5.41) is 0. The molecule has 9 heteroatoms. The van der Waals surface area contributed by atoms with Crippen LogP contribution < -0.4 is 0 Å². The van der Waals surface area contributed by atoms with E-state index < -0.39 is 13.9 Å². The van der Waals surface area contributed by atoms with E-state index in [1.807, 2.05) is 21.1 Å². The van der Waals surface area contributed by atoms with E-state index in [2.05, 4.69) is 26.0 Å². The molecule has 0 amide bonds. The predicted molar refractivity (Wildman–Crippen MR) is 206 cm³/mol. The van der Waals surface area contributed by atoms with Gasteiger partial charge < -0.3 is 18.9 Å². The highest BCUT2D eigenvalue weighted by Crippen LogP contribution is 2.43. The summed E-state index contributed by atoms with van der Waals surface area (Å²) in [7, 11) is 1.67. The van der Waals surface area contributed by atoms with Crippen molar-refractivity contribution in [3.8, 4) is 0 Å². The topological polar surface area (TPSA) is 91.3 Å². The second-order valence-electron chi connectivity index (χ2n) is 15.0. The van der Waals surface area contributed by atoms with Gasteiger partial charge in [0.05, 0.1) is 34.4 Å². The van der Waals surface area contributed by atoms with Gasteiger partial charge in [-0.2, -0.15) is 0 Å². The first-order valence-corrected chi connectivity index (χ1v) is 21.9. The van der Waals surface area contributed by atoms with Crippen LogP contribution in [0.3, 0.4) is 0 Å². The molecule has 0 aromatic carbocycles. The zero-order valence-electron chi connectivity index (χ0n) is 32.9. The normalized spacial score (nSPS) is 14.0. The van der Waals surface area contributed by atoms with Crippen molar-refractivity contribution in [1.82, 2.24) is 0 Å². The number of unbranched alkanes of at least 4 members (excludes halogenated alkanes) is 22. The van der Waals surface area contributed by atoms with Crippen molar-refractivity contribution in [3.05, 3.63) is 12.2 Å². The molecule has 0 heterocycles. The molecule has 0 radical (unpaired) electrons. The minimum absolute atomic E-state index is 0.0900. The molecule has 0 fully saturated rings. The van der Waals surface area contributed by atoms with E-state index in [1.54, 1.807) is 0 Å². The van der Waals surface area contributed by atoms with Crippen LogP contribution in [0.2, 0.25) is 0 Å². The molecular weight excluding hydrogens is 637 g/mol. The lowest BCUT2D eigenvalue weighted by Gasteiger charge is -2.24. The van der Waals surface area contributed by atoms with E-state index in [0.29, 0.717) is 24.1 Å². The Morgan fingerprint density at radius 2 is 1.06 bits per heavy atom. The third-order valence-corrected chi connectivity index (χ3v) is 9.81. The van der Waals surface area contributed by atoms with E-state index in [9.17, 15) is 14.3 Å². The number of hydrogen-bond acceptors (Lipinski definition) is 6. The van der Waals surface area contributed by atoms with Gasteiger partial charge in [0.15, 0.2) is 0 Å². The minimum atomic E-state index is -4.26. The fourth-order valence-electron chi connectivity index (χ4n) is 5.61. The van der Waals surface area contributed by atoms with Crippen LogP contribution in [0.4, 0.5) is 0 Å². The molecule has 0 spiro atoms. The standard InChI is InChI=1S/C40H80NO7P/c1-6-8-10-12-14-16-18-20-22-24-26-28-30-32-35-45-37-39(38-47-49(43,44)46-36-34-41(3,4)5)48-40(42)33-31-29-27-25-23-21-19-17-15-13-11-9-7-2/h17,19,39H,6-16,18,20-38H2,1-5H3/p+1/b19-17-. The van der Waals surface area contributed by atoms with Crippen LogP contribution in [0.25, 0.3) is 0 Å². The largest absolute Gasteiger partial charge is 0.472 e. The fraction of sp³-hybridized carbons (Fsp3) is 0.925. The molecule has 8 nitrogen and oxygen atoms in total. The van der Waals surface area contributed by atoms with Gasteiger partial charge in [0.2, 0.25) is 0 Å². The number of allylic oxidation sites excluding steroid dienone is 2. The highest BCUT2D eigenvalue weighted by Gasteiger charge is 2.26. The van der Waals surface area contributed by atoms with Gasteiger partial charge in [-0.05, 0) is 38.5 Å².